The summed E-state index contributed by atoms with van der Waals surface area (Å²) in [6, 6.07) is 0. The van der Waals surface area contributed by atoms with Gasteiger partial charge in [-0.2, -0.15) is 5.10 Å². The molecule has 1 aromatic rings. The van der Waals surface area contributed by atoms with E-state index in [1.165, 1.54) is 0 Å². The lowest BCUT2D eigenvalue weighted by Crippen LogP contribution is -2.29. The summed E-state index contributed by atoms with van der Waals surface area (Å²) in [6.07, 6.45) is 4.02. The number of hydrogen-bond donors (Lipinski definition) is 1. The van der Waals surface area contributed by atoms with E-state index in [0.717, 1.165) is 6.42 Å². The first-order chi connectivity index (χ1) is 7.09. The van der Waals surface area contributed by atoms with E-state index in [4.69, 9.17) is 34.8 Å². The van der Waals surface area contributed by atoms with E-state index in [2.05, 4.69) is 10.4 Å². The number of carbonyl (C=O) groups is 1. The molecular formula is C8H10Cl3N3O. The highest BCUT2D eigenvalue weighted by Gasteiger charge is 2.09. The number of halogens is 3. The molecule has 0 radical (unpaired) electrons. The Kier molecular flexibility index (Phi) is 5.22. The fraction of sp³-hybridized carbons (Fsp3) is 0.500. The minimum absolute atomic E-state index is 0.378. The molecule has 84 valence electrons. The molecule has 0 saturated carbocycles. The van der Waals surface area contributed by atoms with Crippen LogP contribution in [0, 0.1) is 0 Å². The van der Waals surface area contributed by atoms with Crippen molar-refractivity contribution in [3.8, 4) is 0 Å². The molecule has 1 rings (SSSR count). The fourth-order valence-corrected chi connectivity index (χ4v) is 1.30. The Balaban J connectivity index is 2.15. The molecule has 1 heterocycles. The molecule has 4 nitrogen and oxygen atoms in total. The van der Waals surface area contributed by atoms with Gasteiger partial charge in [-0.25, -0.2) is 0 Å². The molecule has 1 amide bonds. The number of carbonyl (C=O) groups excluding carboxylic acids is 1. The second-order valence-electron chi connectivity index (χ2n) is 2.87. The van der Waals surface area contributed by atoms with Crippen LogP contribution in [0.1, 0.15) is 6.42 Å². The minimum Gasteiger partial charge on any atom is -0.354 e. The second-order valence-corrected chi connectivity index (χ2v) is 4.40. The molecule has 7 heteroatoms. The molecule has 0 aromatic carbocycles. The number of amides is 1. The molecule has 0 aliphatic heterocycles. The van der Waals surface area contributed by atoms with E-state index in [-0.39, 0.29) is 5.91 Å². The van der Waals surface area contributed by atoms with Gasteiger partial charge < -0.3 is 5.32 Å². The molecule has 0 bridgehead atoms. The summed E-state index contributed by atoms with van der Waals surface area (Å²) in [5.74, 6) is -0.378. The van der Waals surface area contributed by atoms with Gasteiger partial charge in [0.1, 0.15) is 0 Å². The van der Waals surface area contributed by atoms with Gasteiger partial charge in [0.05, 0.1) is 11.2 Å². The third-order valence-electron chi connectivity index (χ3n) is 1.66. The van der Waals surface area contributed by atoms with Crippen LogP contribution in [0.5, 0.6) is 0 Å². The van der Waals surface area contributed by atoms with Crippen molar-refractivity contribution in [2.45, 2.75) is 17.8 Å². The lowest BCUT2D eigenvalue weighted by Gasteiger charge is -2.05. The van der Waals surface area contributed by atoms with Crippen LogP contribution in [-0.4, -0.2) is 27.1 Å². The molecule has 1 N–H and O–H groups in total. The van der Waals surface area contributed by atoms with Crippen LogP contribution < -0.4 is 5.32 Å². The van der Waals surface area contributed by atoms with Gasteiger partial charge in [0.15, 0.2) is 4.84 Å². The van der Waals surface area contributed by atoms with Crippen molar-refractivity contribution in [2.75, 3.05) is 6.54 Å². The molecule has 0 saturated heterocycles. The van der Waals surface area contributed by atoms with Gasteiger partial charge in [0.25, 0.3) is 5.91 Å². The molecule has 0 atom stereocenters. The third kappa shape index (κ3) is 4.73. The zero-order chi connectivity index (χ0) is 11.3. The summed E-state index contributed by atoms with van der Waals surface area (Å²) in [6.45, 7) is 1.19. The van der Waals surface area contributed by atoms with Crippen molar-refractivity contribution < 1.29 is 4.79 Å². The monoisotopic (exact) mass is 269 g/mol. The number of nitrogens with zero attached hydrogens (tertiary/aromatic N) is 2. The van der Waals surface area contributed by atoms with Crippen LogP contribution in [0.2, 0.25) is 5.02 Å². The van der Waals surface area contributed by atoms with Gasteiger partial charge in [0.2, 0.25) is 0 Å². The van der Waals surface area contributed by atoms with Gasteiger partial charge in [-0.3, -0.25) is 9.48 Å². The predicted octanol–water partition coefficient (Wildman–Crippen LogP) is 1.85. The van der Waals surface area contributed by atoms with Crippen molar-refractivity contribution in [3.05, 3.63) is 17.4 Å². The van der Waals surface area contributed by atoms with E-state index >= 15 is 0 Å². The van der Waals surface area contributed by atoms with Crippen molar-refractivity contribution in [3.63, 3.8) is 0 Å². The lowest BCUT2D eigenvalue weighted by atomic mass is 10.4. The zero-order valence-electron chi connectivity index (χ0n) is 7.79. The summed E-state index contributed by atoms with van der Waals surface area (Å²) in [7, 11) is 0. The van der Waals surface area contributed by atoms with Crippen LogP contribution in [0.15, 0.2) is 12.4 Å². The van der Waals surface area contributed by atoms with Gasteiger partial charge in [-0.1, -0.05) is 34.8 Å². The predicted molar refractivity (Wildman–Crippen MR) is 60.4 cm³/mol. The summed E-state index contributed by atoms with van der Waals surface area (Å²) in [4.78, 5) is 9.93. The molecule has 1 aromatic heterocycles. The zero-order valence-corrected chi connectivity index (χ0v) is 10.1. The first kappa shape index (κ1) is 12.6. The van der Waals surface area contributed by atoms with Crippen molar-refractivity contribution in [1.29, 1.82) is 0 Å². The number of aromatic nitrogens is 2. The first-order valence-electron chi connectivity index (χ1n) is 4.33. The van der Waals surface area contributed by atoms with E-state index in [0.29, 0.717) is 18.1 Å². The van der Waals surface area contributed by atoms with Crippen LogP contribution in [0.25, 0.3) is 0 Å². The van der Waals surface area contributed by atoms with Gasteiger partial charge in [-0.15, -0.1) is 0 Å². The van der Waals surface area contributed by atoms with Crippen molar-refractivity contribution in [2.24, 2.45) is 0 Å². The maximum Gasteiger partial charge on any atom is 0.253 e. The largest absolute Gasteiger partial charge is 0.354 e. The second kappa shape index (κ2) is 6.20. The summed E-state index contributed by atoms with van der Waals surface area (Å²) in [5.41, 5.74) is 0. The molecule has 15 heavy (non-hydrogen) atoms. The normalized spacial score (nSPS) is 10.7. The standard InChI is InChI=1S/C8H10Cl3N3O/c9-6-4-13-14(5-6)3-1-2-12-8(15)7(10)11/h4-5,7H,1-3H2,(H,12,15). The molecule has 0 spiro atoms. The summed E-state index contributed by atoms with van der Waals surface area (Å²) >= 11 is 16.4. The SMILES string of the molecule is O=C(NCCCn1cc(Cl)cn1)C(Cl)Cl. The highest BCUT2D eigenvalue weighted by Crippen LogP contribution is 2.05. The van der Waals surface area contributed by atoms with Gasteiger partial charge in [-0.05, 0) is 6.42 Å². The van der Waals surface area contributed by atoms with Crippen molar-refractivity contribution >= 4 is 40.7 Å². The Morgan fingerprint density at radius 2 is 2.33 bits per heavy atom. The average molecular weight is 271 g/mol. The lowest BCUT2D eigenvalue weighted by molar-refractivity contribution is -0.119. The highest BCUT2D eigenvalue weighted by atomic mass is 35.5. The van der Waals surface area contributed by atoms with Crippen molar-refractivity contribution in [1.82, 2.24) is 15.1 Å². The van der Waals surface area contributed by atoms with Gasteiger partial charge in [0, 0.05) is 19.3 Å². The van der Waals surface area contributed by atoms with E-state index < -0.39 is 4.84 Å². The smallest absolute Gasteiger partial charge is 0.253 e. The number of alkyl halides is 2. The summed E-state index contributed by atoms with van der Waals surface area (Å²) in [5, 5.41) is 7.17. The molecule has 0 aliphatic rings. The van der Waals surface area contributed by atoms with Crippen LogP contribution in [-0.2, 0) is 11.3 Å². The minimum atomic E-state index is -1.01. The topological polar surface area (TPSA) is 46.9 Å². The maximum atomic E-state index is 10.9. The molecule has 0 fully saturated rings. The number of rotatable bonds is 5. The highest BCUT2D eigenvalue weighted by molar-refractivity contribution is 6.53. The van der Waals surface area contributed by atoms with E-state index in [1.54, 1.807) is 17.1 Å². The number of aryl methyl sites for hydroxylation is 1. The van der Waals surface area contributed by atoms with Crippen LogP contribution in [0.4, 0.5) is 0 Å². The Bertz CT molecular complexity index is 327. The Hall–Kier alpha value is -0.450. The third-order valence-corrected chi connectivity index (χ3v) is 2.25. The summed E-state index contributed by atoms with van der Waals surface area (Å²) < 4.78 is 1.70. The van der Waals surface area contributed by atoms with E-state index in [9.17, 15) is 4.79 Å². The molecule has 0 aliphatic carbocycles. The number of nitrogens with one attached hydrogen (secondary N) is 1. The Morgan fingerprint density at radius 3 is 2.87 bits per heavy atom. The molecular weight excluding hydrogens is 260 g/mol. The van der Waals surface area contributed by atoms with Crippen LogP contribution >= 0.6 is 34.8 Å². The average Bonchev–Trinajstić information content (AvgIpc) is 2.58. The van der Waals surface area contributed by atoms with Gasteiger partial charge >= 0.3 is 0 Å². The Labute approximate surface area is 102 Å². The Morgan fingerprint density at radius 1 is 1.60 bits per heavy atom. The van der Waals surface area contributed by atoms with Crippen LogP contribution in [0.3, 0.4) is 0 Å². The van der Waals surface area contributed by atoms with E-state index in [1.807, 2.05) is 0 Å². The maximum absolute atomic E-state index is 10.9. The first-order valence-corrected chi connectivity index (χ1v) is 5.58. The fourth-order valence-electron chi connectivity index (χ4n) is 0.990. The quantitative estimate of drug-likeness (QED) is 0.656. The number of hydrogen-bond acceptors (Lipinski definition) is 2. The molecule has 0 unspecified atom stereocenters.